The van der Waals surface area contributed by atoms with Crippen LogP contribution in [0.3, 0.4) is 0 Å². The Bertz CT molecular complexity index is 923. The van der Waals surface area contributed by atoms with Crippen molar-refractivity contribution in [3.05, 3.63) is 59.2 Å². The lowest BCUT2D eigenvalue weighted by Gasteiger charge is -2.15. The summed E-state index contributed by atoms with van der Waals surface area (Å²) in [7, 11) is 3.41. The number of rotatable bonds is 7. The number of carbonyl (C=O) groups is 1. The van der Waals surface area contributed by atoms with Crippen molar-refractivity contribution in [2.75, 3.05) is 33.5 Å². The topological polar surface area (TPSA) is 81.8 Å². The van der Waals surface area contributed by atoms with Crippen molar-refractivity contribution in [1.82, 2.24) is 14.5 Å². The molecular formula is C20H28N4O3S. The number of sulfonamides is 1. The lowest BCUT2D eigenvalue weighted by atomic mass is 10.1. The lowest BCUT2D eigenvalue weighted by Crippen LogP contribution is -2.29. The summed E-state index contributed by atoms with van der Waals surface area (Å²) in [5, 5.41) is 5.53. The normalized spacial score (nSPS) is 11.7. The van der Waals surface area contributed by atoms with E-state index in [1.807, 2.05) is 45.3 Å². The Morgan fingerprint density at radius 1 is 0.964 bits per heavy atom. The largest absolute Gasteiger partial charge is 0.334 e. The van der Waals surface area contributed by atoms with Gasteiger partial charge in [0.05, 0.1) is 4.90 Å². The fraction of sp³-hybridized carbons (Fsp3) is 0.350. The van der Waals surface area contributed by atoms with Crippen molar-refractivity contribution in [2.45, 2.75) is 24.9 Å². The zero-order chi connectivity index (χ0) is 20.9. The molecule has 28 heavy (non-hydrogen) atoms. The number of hydrogen-bond acceptors (Lipinski definition) is 4. The molecule has 0 bridgehead atoms. The van der Waals surface area contributed by atoms with Crippen molar-refractivity contribution < 1.29 is 13.2 Å². The first-order valence-corrected chi connectivity index (χ1v) is 10.3. The third-order valence-corrected chi connectivity index (χ3v) is 6.02. The quantitative estimate of drug-likeness (QED) is 0.743. The molecule has 0 saturated carbocycles. The van der Waals surface area contributed by atoms with Gasteiger partial charge in [0, 0.05) is 32.9 Å². The molecule has 7 nitrogen and oxygen atoms in total. The number of carbonyl (C=O) groups excluding carboxylic acids is 1. The molecule has 0 aromatic heterocycles. The van der Waals surface area contributed by atoms with Crippen LogP contribution in [0.5, 0.6) is 0 Å². The van der Waals surface area contributed by atoms with Gasteiger partial charge >= 0.3 is 6.03 Å². The average molecular weight is 405 g/mol. The molecule has 2 rings (SSSR count). The van der Waals surface area contributed by atoms with Crippen LogP contribution in [0.2, 0.25) is 0 Å². The minimum atomic E-state index is -3.56. The Hall–Kier alpha value is -2.42. The van der Waals surface area contributed by atoms with Crippen LogP contribution in [0.15, 0.2) is 47.4 Å². The SMILES string of the molecule is Cc1ccc(S(=O)(=O)N(C)C)cc1NC(=O)NCc1ccc(CN(C)C)cc1. The molecule has 0 radical (unpaired) electrons. The standard InChI is InChI=1S/C20H28N4O3S/c1-15-6-11-18(28(26,27)24(4)5)12-19(15)22-20(25)21-13-16-7-9-17(10-8-16)14-23(2)3/h6-12H,13-14H2,1-5H3,(H2,21,22,25). The summed E-state index contributed by atoms with van der Waals surface area (Å²) < 4.78 is 25.7. The molecule has 2 amide bonds. The minimum absolute atomic E-state index is 0.134. The third kappa shape index (κ3) is 5.79. The first kappa shape index (κ1) is 21.9. The molecule has 0 aliphatic rings. The van der Waals surface area contributed by atoms with Crippen LogP contribution in [0.25, 0.3) is 0 Å². The zero-order valence-electron chi connectivity index (χ0n) is 17.0. The van der Waals surface area contributed by atoms with Gasteiger partial charge in [0.2, 0.25) is 10.0 Å². The van der Waals surface area contributed by atoms with Crippen molar-refractivity contribution in [2.24, 2.45) is 0 Å². The zero-order valence-corrected chi connectivity index (χ0v) is 17.8. The smallest absolute Gasteiger partial charge is 0.319 e. The number of hydrogen-bond donors (Lipinski definition) is 2. The predicted octanol–water partition coefficient (Wildman–Crippen LogP) is 2.63. The first-order valence-electron chi connectivity index (χ1n) is 8.90. The molecule has 0 heterocycles. The van der Waals surface area contributed by atoms with E-state index >= 15 is 0 Å². The van der Waals surface area contributed by atoms with E-state index in [1.54, 1.807) is 6.07 Å². The Kier molecular flexibility index (Phi) is 7.17. The second-order valence-corrected chi connectivity index (χ2v) is 9.28. The number of anilines is 1. The van der Waals surface area contributed by atoms with Gasteiger partial charge in [-0.3, -0.25) is 0 Å². The van der Waals surface area contributed by atoms with Gasteiger partial charge in [0.15, 0.2) is 0 Å². The fourth-order valence-corrected chi connectivity index (χ4v) is 3.51. The molecule has 2 aromatic carbocycles. The summed E-state index contributed by atoms with van der Waals surface area (Å²) in [5.41, 5.74) is 3.42. The fourth-order valence-electron chi connectivity index (χ4n) is 2.58. The molecule has 0 fully saturated rings. The molecule has 0 unspecified atom stereocenters. The molecule has 2 aromatic rings. The van der Waals surface area contributed by atoms with E-state index in [0.29, 0.717) is 12.2 Å². The van der Waals surface area contributed by atoms with Gasteiger partial charge in [-0.25, -0.2) is 17.5 Å². The van der Waals surface area contributed by atoms with E-state index in [0.717, 1.165) is 22.0 Å². The Labute approximate surface area is 167 Å². The molecule has 0 atom stereocenters. The van der Waals surface area contributed by atoms with Crippen LogP contribution in [0.1, 0.15) is 16.7 Å². The maximum absolute atomic E-state index is 12.3. The summed E-state index contributed by atoms with van der Waals surface area (Å²) >= 11 is 0. The van der Waals surface area contributed by atoms with E-state index in [-0.39, 0.29) is 10.9 Å². The van der Waals surface area contributed by atoms with Crippen molar-refractivity contribution in [3.63, 3.8) is 0 Å². The second-order valence-electron chi connectivity index (χ2n) is 7.13. The molecule has 0 saturated heterocycles. The monoisotopic (exact) mass is 404 g/mol. The summed E-state index contributed by atoms with van der Waals surface area (Å²) in [5.74, 6) is 0. The van der Waals surface area contributed by atoms with Crippen molar-refractivity contribution in [1.29, 1.82) is 0 Å². The molecule has 152 valence electrons. The number of nitrogens with one attached hydrogen (secondary N) is 2. The maximum atomic E-state index is 12.3. The van der Waals surface area contributed by atoms with Crippen LogP contribution in [0.4, 0.5) is 10.5 Å². The number of nitrogens with zero attached hydrogens (tertiary/aromatic N) is 2. The van der Waals surface area contributed by atoms with Gasteiger partial charge in [0.1, 0.15) is 0 Å². The number of urea groups is 1. The van der Waals surface area contributed by atoms with Gasteiger partial charge in [-0.15, -0.1) is 0 Å². The highest BCUT2D eigenvalue weighted by Gasteiger charge is 2.18. The van der Waals surface area contributed by atoms with Gasteiger partial charge in [-0.2, -0.15) is 0 Å². The lowest BCUT2D eigenvalue weighted by molar-refractivity contribution is 0.251. The van der Waals surface area contributed by atoms with Crippen LogP contribution >= 0.6 is 0 Å². The summed E-state index contributed by atoms with van der Waals surface area (Å²) in [4.78, 5) is 14.5. The summed E-state index contributed by atoms with van der Waals surface area (Å²) in [6, 6.07) is 12.3. The van der Waals surface area contributed by atoms with Crippen LogP contribution in [-0.2, 0) is 23.1 Å². The second kappa shape index (κ2) is 9.18. The minimum Gasteiger partial charge on any atom is -0.334 e. The Morgan fingerprint density at radius 3 is 2.14 bits per heavy atom. The van der Waals surface area contributed by atoms with E-state index in [1.165, 1.54) is 31.8 Å². The van der Waals surface area contributed by atoms with Crippen LogP contribution < -0.4 is 10.6 Å². The van der Waals surface area contributed by atoms with Crippen LogP contribution in [-0.4, -0.2) is 51.8 Å². The highest BCUT2D eigenvalue weighted by Crippen LogP contribution is 2.22. The molecular weight excluding hydrogens is 376 g/mol. The van der Waals surface area contributed by atoms with Gasteiger partial charge in [-0.1, -0.05) is 30.3 Å². The predicted molar refractivity (Wildman–Crippen MR) is 112 cm³/mol. The molecule has 0 aliphatic heterocycles. The van der Waals surface area contributed by atoms with E-state index in [2.05, 4.69) is 15.5 Å². The van der Waals surface area contributed by atoms with E-state index in [4.69, 9.17) is 0 Å². The Morgan fingerprint density at radius 2 is 1.57 bits per heavy atom. The van der Waals surface area contributed by atoms with Gasteiger partial charge in [-0.05, 0) is 49.8 Å². The number of benzene rings is 2. The molecule has 0 spiro atoms. The number of aryl methyl sites for hydroxylation is 1. The van der Waals surface area contributed by atoms with Crippen molar-refractivity contribution >= 4 is 21.7 Å². The van der Waals surface area contributed by atoms with E-state index in [9.17, 15) is 13.2 Å². The molecule has 8 heteroatoms. The van der Waals surface area contributed by atoms with E-state index < -0.39 is 10.0 Å². The van der Waals surface area contributed by atoms with Gasteiger partial charge in [0.25, 0.3) is 0 Å². The highest BCUT2D eigenvalue weighted by molar-refractivity contribution is 7.89. The van der Waals surface area contributed by atoms with Crippen molar-refractivity contribution in [3.8, 4) is 0 Å². The third-order valence-electron chi connectivity index (χ3n) is 4.21. The maximum Gasteiger partial charge on any atom is 0.319 e. The molecule has 2 N–H and O–H groups in total. The Balaban J connectivity index is 2.01. The van der Waals surface area contributed by atoms with Gasteiger partial charge < -0.3 is 15.5 Å². The van der Waals surface area contributed by atoms with Crippen LogP contribution in [0, 0.1) is 6.92 Å². The summed E-state index contributed by atoms with van der Waals surface area (Å²) in [6.07, 6.45) is 0. The highest BCUT2D eigenvalue weighted by atomic mass is 32.2. The number of amides is 2. The average Bonchev–Trinajstić information content (AvgIpc) is 2.62. The summed E-state index contributed by atoms with van der Waals surface area (Å²) in [6.45, 7) is 3.05. The molecule has 0 aliphatic carbocycles. The first-order chi connectivity index (χ1) is 13.1.